The van der Waals surface area contributed by atoms with Gasteiger partial charge in [0.1, 0.15) is 5.69 Å². The van der Waals surface area contributed by atoms with Gasteiger partial charge in [-0.05, 0) is 44.0 Å². The molecule has 2 rings (SSSR count). The summed E-state index contributed by atoms with van der Waals surface area (Å²) in [5, 5.41) is 9.17. The molecule has 4 heteroatoms. The van der Waals surface area contributed by atoms with Crippen LogP contribution in [0.1, 0.15) is 23.7 Å². The molecular formula is C13H14N2O2. The van der Waals surface area contributed by atoms with Crippen LogP contribution in [0.15, 0.2) is 22.7 Å². The van der Waals surface area contributed by atoms with E-state index in [9.17, 15) is 4.79 Å². The first-order valence-corrected chi connectivity index (χ1v) is 5.36. The van der Waals surface area contributed by atoms with E-state index in [-0.39, 0.29) is 17.0 Å². The number of aliphatic hydroxyl groups excluding tert-OH is 1. The van der Waals surface area contributed by atoms with Gasteiger partial charge in [-0.25, -0.2) is 4.98 Å². The second-order valence-corrected chi connectivity index (χ2v) is 4.19. The van der Waals surface area contributed by atoms with Crippen LogP contribution in [0, 0.1) is 13.8 Å². The lowest BCUT2D eigenvalue weighted by Gasteiger charge is -2.04. The van der Waals surface area contributed by atoms with Crippen molar-refractivity contribution >= 4 is 17.1 Å². The number of H-pyrrole nitrogens is 1. The van der Waals surface area contributed by atoms with Crippen molar-refractivity contribution in [2.24, 2.45) is 0 Å². The van der Waals surface area contributed by atoms with Crippen LogP contribution in [0.4, 0.5) is 0 Å². The number of allylic oxidation sites excluding steroid dienone is 1. The predicted octanol–water partition coefficient (Wildman–Crippen LogP) is 2.46. The molecule has 1 aromatic heterocycles. The monoisotopic (exact) mass is 230 g/mol. The summed E-state index contributed by atoms with van der Waals surface area (Å²) in [7, 11) is 0. The minimum absolute atomic E-state index is 0.0613. The Bertz CT molecular complexity index is 665. The molecule has 1 heterocycles. The number of hydrogen-bond acceptors (Lipinski definition) is 3. The van der Waals surface area contributed by atoms with Crippen molar-refractivity contribution in [1.82, 2.24) is 9.97 Å². The highest BCUT2D eigenvalue weighted by Gasteiger charge is 2.04. The molecule has 0 unspecified atom stereocenters. The van der Waals surface area contributed by atoms with E-state index >= 15 is 0 Å². The van der Waals surface area contributed by atoms with Crippen LogP contribution in [0.25, 0.3) is 17.1 Å². The molecule has 0 fully saturated rings. The number of aromatic amines is 1. The summed E-state index contributed by atoms with van der Waals surface area (Å²) in [4.78, 5) is 18.7. The number of nitrogens with zero attached hydrogens (tertiary/aromatic N) is 1. The number of aryl methyl sites for hydroxylation is 2. The van der Waals surface area contributed by atoms with Gasteiger partial charge in [0.05, 0.1) is 16.8 Å². The third-order valence-corrected chi connectivity index (χ3v) is 2.68. The minimum atomic E-state index is -0.297. The predicted molar refractivity (Wildman–Crippen MR) is 68.1 cm³/mol. The number of benzene rings is 1. The largest absolute Gasteiger partial charge is 0.513 e. The lowest BCUT2D eigenvalue weighted by molar-refractivity contribution is 0.419. The molecule has 88 valence electrons. The summed E-state index contributed by atoms with van der Waals surface area (Å²) >= 11 is 0. The molecule has 1 aromatic carbocycles. The molecule has 0 bridgehead atoms. The average molecular weight is 230 g/mol. The Morgan fingerprint density at radius 1 is 1.35 bits per heavy atom. The van der Waals surface area contributed by atoms with Crippen LogP contribution in [-0.2, 0) is 0 Å². The molecule has 0 aliphatic carbocycles. The van der Waals surface area contributed by atoms with Crippen LogP contribution in [0.2, 0.25) is 0 Å². The molecular weight excluding hydrogens is 216 g/mol. The molecule has 0 saturated heterocycles. The van der Waals surface area contributed by atoms with Crippen LogP contribution < -0.4 is 5.56 Å². The minimum Gasteiger partial charge on any atom is -0.513 e. The highest BCUT2D eigenvalue weighted by atomic mass is 16.3. The summed E-state index contributed by atoms with van der Waals surface area (Å²) in [5.74, 6) is 0.0613. The normalized spacial score (nSPS) is 12.1. The number of nitrogens with one attached hydrogen (secondary N) is 1. The molecule has 0 saturated carbocycles. The Balaban J connectivity index is 2.76. The second kappa shape index (κ2) is 4.05. The van der Waals surface area contributed by atoms with E-state index in [1.807, 2.05) is 26.0 Å². The highest BCUT2D eigenvalue weighted by Crippen LogP contribution is 2.15. The van der Waals surface area contributed by atoms with Gasteiger partial charge in [0.15, 0.2) is 0 Å². The van der Waals surface area contributed by atoms with Gasteiger partial charge < -0.3 is 10.1 Å². The zero-order valence-corrected chi connectivity index (χ0v) is 10.0. The maximum absolute atomic E-state index is 11.7. The Morgan fingerprint density at radius 3 is 2.65 bits per heavy atom. The number of hydrogen-bond donors (Lipinski definition) is 2. The van der Waals surface area contributed by atoms with E-state index in [0.717, 1.165) is 16.6 Å². The Labute approximate surface area is 98.6 Å². The molecule has 0 aliphatic rings. The smallest absolute Gasteiger partial charge is 0.274 e. The maximum Gasteiger partial charge on any atom is 0.274 e. The summed E-state index contributed by atoms with van der Waals surface area (Å²) in [6, 6.07) is 3.82. The van der Waals surface area contributed by atoms with Gasteiger partial charge >= 0.3 is 0 Å². The molecule has 0 spiro atoms. The maximum atomic E-state index is 11.7. The Hall–Kier alpha value is -2.10. The van der Waals surface area contributed by atoms with Crippen molar-refractivity contribution in [2.75, 3.05) is 0 Å². The number of rotatable bonds is 1. The van der Waals surface area contributed by atoms with E-state index in [2.05, 4.69) is 9.97 Å². The van der Waals surface area contributed by atoms with Crippen LogP contribution in [0.3, 0.4) is 0 Å². The highest BCUT2D eigenvalue weighted by molar-refractivity contribution is 5.77. The topological polar surface area (TPSA) is 66.0 Å². The van der Waals surface area contributed by atoms with Gasteiger partial charge in [0, 0.05) is 6.08 Å². The van der Waals surface area contributed by atoms with Crippen LogP contribution >= 0.6 is 0 Å². The first-order chi connectivity index (χ1) is 7.97. The molecule has 4 nitrogen and oxygen atoms in total. The average Bonchev–Trinajstić information content (AvgIpc) is 2.22. The number of aromatic nitrogens is 2. The van der Waals surface area contributed by atoms with E-state index in [0.29, 0.717) is 5.52 Å². The molecule has 0 amide bonds. The Morgan fingerprint density at radius 2 is 2.00 bits per heavy atom. The summed E-state index contributed by atoms with van der Waals surface area (Å²) in [6.07, 6.45) is 1.35. The summed E-state index contributed by atoms with van der Waals surface area (Å²) < 4.78 is 0. The molecule has 0 atom stereocenters. The first-order valence-electron chi connectivity index (χ1n) is 5.36. The van der Waals surface area contributed by atoms with Crippen molar-refractivity contribution in [1.29, 1.82) is 0 Å². The summed E-state index contributed by atoms with van der Waals surface area (Å²) in [5.41, 5.74) is 3.59. The fourth-order valence-electron chi connectivity index (χ4n) is 1.66. The van der Waals surface area contributed by atoms with Gasteiger partial charge in [-0.3, -0.25) is 4.79 Å². The standard InChI is InChI=1S/C13H14N2O2/c1-7-4-10-11(5-8(7)2)15-13(17)12(14-10)6-9(3)16/h4-6,16H,1-3H3,(H,15,17). The second-order valence-electron chi connectivity index (χ2n) is 4.19. The molecule has 2 N–H and O–H groups in total. The Kier molecular flexibility index (Phi) is 2.71. The zero-order chi connectivity index (χ0) is 12.6. The van der Waals surface area contributed by atoms with Crippen molar-refractivity contribution in [3.63, 3.8) is 0 Å². The number of aliphatic hydroxyl groups is 1. The van der Waals surface area contributed by atoms with Gasteiger partial charge in [0.2, 0.25) is 0 Å². The molecule has 17 heavy (non-hydrogen) atoms. The third-order valence-electron chi connectivity index (χ3n) is 2.68. The fraction of sp³-hybridized carbons (Fsp3) is 0.231. The third kappa shape index (κ3) is 2.20. The van der Waals surface area contributed by atoms with Crippen molar-refractivity contribution in [2.45, 2.75) is 20.8 Å². The molecule has 0 aliphatic heterocycles. The first kappa shape index (κ1) is 11.4. The SMILES string of the molecule is CC(O)=Cc1nc2cc(C)c(C)cc2[nH]c1=O. The van der Waals surface area contributed by atoms with Crippen molar-refractivity contribution < 1.29 is 5.11 Å². The lowest BCUT2D eigenvalue weighted by atomic mass is 10.1. The van der Waals surface area contributed by atoms with Crippen molar-refractivity contribution in [3.8, 4) is 0 Å². The fourth-order valence-corrected chi connectivity index (χ4v) is 1.66. The van der Waals surface area contributed by atoms with E-state index in [4.69, 9.17) is 5.11 Å². The molecule has 2 aromatic rings. The van der Waals surface area contributed by atoms with Crippen molar-refractivity contribution in [3.05, 3.63) is 45.1 Å². The quantitative estimate of drug-likeness (QED) is 0.739. The lowest BCUT2D eigenvalue weighted by Crippen LogP contribution is -2.12. The van der Waals surface area contributed by atoms with Gasteiger partial charge in [-0.15, -0.1) is 0 Å². The van der Waals surface area contributed by atoms with Crippen LogP contribution in [-0.4, -0.2) is 15.1 Å². The molecule has 0 radical (unpaired) electrons. The van der Waals surface area contributed by atoms with E-state index < -0.39 is 0 Å². The van der Waals surface area contributed by atoms with Gasteiger partial charge in [-0.1, -0.05) is 0 Å². The number of fused-ring (bicyclic) bond motifs is 1. The van der Waals surface area contributed by atoms with E-state index in [1.165, 1.54) is 13.0 Å². The zero-order valence-electron chi connectivity index (χ0n) is 10.0. The van der Waals surface area contributed by atoms with Gasteiger partial charge in [-0.2, -0.15) is 0 Å². The summed E-state index contributed by atoms with van der Waals surface area (Å²) in [6.45, 7) is 5.48. The van der Waals surface area contributed by atoms with E-state index in [1.54, 1.807) is 0 Å². The van der Waals surface area contributed by atoms with Gasteiger partial charge in [0.25, 0.3) is 5.56 Å². The van der Waals surface area contributed by atoms with Crippen LogP contribution in [0.5, 0.6) is 0 Å².